The van der Waals surface area contributed by atoms with Gasteiger partial charge in [0.15, 0.2) is 0 Å². The Kier molecular flexibility index (Phi) is 9.84. The van der Waals surface area contributed by atoms with Gasteiger partial charge in [0.2, 0.25) is 0 Å². The Labute approximate surface area is 401 Å². The van der Waals surface area contributed by atoms with E-state index in [2.05, 4.69) is 264 Å². The van der Waals surface area contributed by atoms with Crippen LogP contribution in [0.2, 0.25) is 0 Å². The molecule has 3 heteroatoms. The Bertz CT molecular complexity index is 3960. The van der Waals surface area contributed by atoms with Crippen molar-refractivity contribution in [2.45, 2.75) is 0 Å². The highest BCUT2D eigenvalue weighted by molar-refractivity contribution is 6.11. The highest BCUT2D eigenvalue weighted by atomic mass is 16.3. The number of fused-ring (bicyclic) bond motifs is 6. The second-order valence-electron chi connectivity index (χ2n) is 17.6. The van der Waals surface area contributed by atoms with Crippen LogP contribution >= 0.6 is 0 Å². The van der Waals surface area contributed by atoms with E-state index in [1.54, 1.807) is 0 Å². The Morgan fingerprint density at radius 1 is 0.275 bits per heavy atom. The zero-order valence-electron chi connectivity index (χ0n) is 37.7. The molecule has 0 aliphatic rings. The minimum atomic E-state index is 0.892. The van der Waals surface area contributed by atoms with Crippen LogP contribution in [0.4, 0.5) is 17.1 Å². The largest absolute Gasteiger partial charge is 0.455 e. The first-order valence-electron chi connectivity index (χ1n) is 23.6. The van der Waals surface area contributed by atoms with E-state index in [0.29, 0.717) is 0 Å². The number of hydrogen-bond acceptors (Lipinski definition) is 2. The lowest BCUT2D eigenvalue weighted by molar-refractivity contribution is 0.670. The number of aromatic nitrogens is 1. The van der Waals surface area contributed by atoms with Crippen LogP contribution in [0.15, 0.2) is 271 Å². The van der Waals surface area contributed by atoms with Crippen LogP contribution in [-0.2, 0) is 0 Å². The Balaban J connectivity index is 0.924. The molecule has 13 aromatic rings. The van der Waals surface area contributed by atoms with Crippen LogP contribution in [0.3, 0.4) is 0 Å². The quantitative estimate of drug-likeness (QED) is 0.144. The number of nitrogens with zero attached hydrogens (tertiary/aromatic N) is 2. The summed E-state index contributed by atoms with van der Waals surface area (Å²) >= 11 is 0. The van der Waals surface area contributed by atoms with Gasteiger partial charge in [0.1, 0.15) is 11.2 Å². The summed E-state index contributed by atoms with van der Waals surface area (Å²) in [7, 11) is 0. The van der Waals surface area contributed by atoms with Crippen molar-refractivity contribution >= 4 is 60.8 Å². The highest BCUT2D eigenvalue weighted by Gasteiger charge is 2.20. The molecule has 0 aliphatic heterocycles. The van der Waals surface area contributed by atoms with Gasteiger partial charge in [-0.2, -0.15) is 0 Å². The van der Waals surface area contributed by atoms with E-state index in [0.717, 1.165) is 72.5 Å². The van der Waals surface area contributed by atoms with E-state index in [1.165, 1.54) is 49.6 Å². The minimum absolute atomic E-state index is 0.892. The second-order valence-corrected chi connectivity index (χ2v) is 17.6. The Morgan fingerprint density at radius 3 is 1.48 bits per heavy atom. The van der Waals surface area contributed by atoms with Crippen LogP contribution in [0.1, 0.15) is 0 Å². The fourth-order valence-electron chi connectivity index (χ4n) is 10.4. The van der Waals surface area contributed by atoms with E-state index in [4.69, 9.17) is 4.42 Å². The van der Waals surface area contributed by atoms with Crippen LogP contribution in [-0.4, -0.2) is 4.57 Å². The minimum Gasteiger partial charge on any atom is -0.455 e. The smallest absolute Gasteiger partial charge is 0.143 e. The zero-order chi connectivity index (χ0) is 45.7. The Hall–Kier alpha value is -9.18. The normalized spacial score (nSPS) is 11.5. The number of anilines is 3. The third-order valence-electron chi connectivity index (χ3n) is 13.6. The van der Waals surface area contributed by atoms with Gasteiger partial charge < -0.3 is 13.9 Å². The SMILES string of the molecule is c1ccc(-c2ccc(-c3cccc(N(c4ccc(-c5ccccc5-c5ccccc5-n5c6ccccc6c6ccccc65)cc4)c4cccc(-c5cccc6c5oc5ccccc56)c4)c3)cc2)cc1. The lowest BCUT2D eigenvalue weighted by Gasteiger charge is -2.27. The summed E-state index contributed by atoms with van der Waals surface area (Å²) in [4.78, 5) is 2.37. The molecule has 13 rings (SSSR count). The molecule has 2 aromatic heterocycles. The van der Waals surface area contributed by atoms with Crippen LogP contribution < -0.4 is 4.90 Å². The van der Waals surface area contributed by atoms with E-state index in [1.807, 2.05) is 12.1 Å². The number of hydrogen-bond donors (Lipinski definition) is 0. The van der Waals surface area contributed by atoms with Crippen molar-refractivity contribution in [2.24, 2.45) is 0 Å². The van der Waals surface area contributed by atoms with E-state index in [9.17, 15) is 0 Å². The van der Waals surface area contributed by atoms with Crippen LogP contribution in [0, 0.1) is 0 Å². The van der Waals surface area contributed by atoms with Crippen LogP contribution in [0.25, 0.3) is 105 Å². The van der Waals surface area contributed by atoms with Gasteiger partial charge in [0, 0.05) is 49.7 Å². The van der Waals surface area contributed by atoms with Crippen molar-refractivity contribution < 1.29 is 4.42 Å². The monoisotopic (exact) mass is 880 g/mol. The molecule has 69 heavy (non-hydrogen) atoms. The first kappa shape index (κ1) is 40.1. The summed E-state index contributed by atoms with van der Waals surface area (Å²) in [5, 5.41) is 4.74. The fraction of sp³-hybridized carbons (Fsp3) is 0. The number of rotatable bonds is 9. The van der Waals surface area contributed by atoms with Gasteiger partial charge in [-0.1, -0.05) is 206 Å². The van der Waals surface area contributed by atoms with Gasteiger partial charge in [-0.3, -0.25) is 0 Å². The fourth-order valence-corrected chi connectivity index (χ4v) is 10.4. The summed E-state index contributed by atoms with van der Waals surface area (Å²) in [5.74, 6) is 0. The van der Waals surface area contributed by atoms with Crippen molar-refractivity contribution in [3.8, 4) is 61.3 Å². The third kappa shape index (κ3) is 7.08. The molecule has 0 saturated heterocycles. The first-order chi connectivity index (χ1) is 34.2. The first-order valence-corrected chi connectivity index (χ1v) is 23.6. The number of para-hydroxylation sites is 5. The molecular weight excluding hydrogens is 837 g/mol. The molecule has 0 aliphatic carbocycles. The van der Waals surface area contributed by atoms with Gasteiger partial charge in [-0.05, 0) is 105 Å². The molecule has 0 bridgehead atoms. The maximum absolute atomic E-state index is 6.56. The molecule has 0 radical (unpaired) electrons. The summed E-state index contributed by atoms with van der Waals surface area (Å²) in [5.41, 5.74) is 20.0. The summed E-state index contributed by atoms with van der Waals surface area (Å²) in [6.07, 6.45) is 0. The van der Waals surface area contributed by atoms with E-state index in [-0.39, 0.29) is 0 Å². The molecule has 0 saturated carbocycles. The molecule has 0 atom stereocenters. The van der Waals surface area contributed by atoms with Gasteiger partial charge in [-0.25, -0.2) is 0 Å². The maximum Gasteiger partial charge on any atom is 0.143 e. The second kappa shape index (κ2) is 16.9. The average molecular weight is 881 g/mol. The summed E-state index contributed by atoms with van der Waals surface area (Å²) in [6.45, 7) is 0. The highest BCUT2D eigenvalue weighted by Crippen LogP contribution is 2.44. The van der Waals surface area contributed by atoms with Crippen molar-refractivity contribution in [1.82, 2.24) is 4.57 Å². The number of furan rings is 1. The van der Waals surface area contributed by atoms with Crippen molar-refractivity contribution in [3.63, 3.8) is 0 Å². The van der Waals surface area contributed by atoms with Gasteiger partial charge in [-0.15, -0.1) is 0 Å². The van der Waals surface area contributed by atoms with Crippen LogP contribution in [0.5, 0.6) is 0 Å². The molecule has 0 amide bonds. The maximum atomic E-state index is 6.56. The molecule has 0 fully saturated rings. The standard InChI is InChI=1S/C66H44N2O/c1-2-17-45(18-3-1)46-35-37-47(38-36-46)49-19-14-21-52(43-49)67(53-22-15-20-50(44-53)55-29-16-30-61-60-28-9-13-34-65(60)69-66(55)61)51-41-39-48(40-42-51)54-23-4-5-24-56(54)57-25-6-10-31-62(57)68-63-32-11-7-26-58(63)59-27-8-12-33-64(59)68/h1-44H. The van der Waals surface area contributed by atoms with Gasteiger partial charge in [0.05, 0.1) is 16.7 Å². The van der Waals surface area contributed by atoms with E-state index >= 15 is 0 Å². The molecule has 324 valence electrons. The van der Waals surface area contributed by atoms with Crippen molar-refractivity contribution in [1.29, 1.82) is 0 Å². The molecule has 3 nitrogen and oxygen atoms in total. The molecule has 0 N–H and O–H groups in total. The molecule has 0 unspecified atom stereocenters. The predicted molar refractivity (Wildman–Crippen MR) is 290 cm³/mol. The average Bonchev–Trinajstić information content (AvgIpc) is 3.98. The lowest BCUT2D eigenvalue weighted by Crippen LogP contribution is -2.10. The third-order valence-corrected chi connectivity index (χ3v) is 13.6. The molecule has 11 aromatic carbocycles. The topological polar surface area (TPSA) is 21.3 Å². The zero-order valence-corrected chi connectivity index (χ0v) is 37.7. The lowest BCUT2D eigenvalue weighted by atomic mass is 9.93. The molecular formula is C66H44N2O. The summed E-state index contributed by atoms with van der Waals surface area (Å²) in [6, 6.07) is 96.1. The summed E-state index contributed by atoms with van der Waals surface area (Å²) < 4.78 is 8.98. The van der Waals surface area contributed by atoms with Crippen molar-refractivity contribution in [3.05, 3.63) is 267 Å². The predicted octanol–water partition coefficient (Wildman–Crippen LogP) is 18.5. The van der Waals surface area contributed by atoms with Crippen molar-refractivity contribution in [2.75, 3.05) is 4.90 Å². The van der Waals surface area contributed by atoms with Gasteiger partial charge in [0.25, 0.3) is 0 Å². The van der Waals surface area contributed by atoms with E-state index < -0.39 is 0 Å². The molecule has 0 spiro atoms. The molecule has 2 heterocycles. The Morgan fingerprint density at radius 2 is 0.754 bits per heavy atom. The van der Waals surface area contributed by atoms with Gasteiger partial charge >= 0.3 is 0 Å². The number of benzene rings is 11.